The van der Waals surface area contributed by atoms with Crippen molar-refractivity contribution in [3.63, 3.8) is 0 Å². The average molecular weight is 210 g/mol. The van der Waals surface area contributed by atoms with Crippen LogP contribution in [0.4, 0.5) is 0 Å². The van der Waals surface area contributed by atoms with Crippen molar-refractivity contribution in [1.29, 1.82) is 0 Å². The van der Waals surface area contributed by atoms with Gasteiger partial charge >= 0.3 is 5.69 Å². The van der Waals surface area contributed by atoms with Crippen molar-refractivity contribution >= 4 is 5.78 Å². The van der Waals surface area contributed by atoms with Crippen LogP contribution in [0.5, 0.6) is 0 Å². The highest BCUT2D eigenvalue weighted by Gasteiger charge is 2.22. The minimum atomic E-state index is -0.129. The molecule has 0 aliphatic rings. The number of nitrogens with zero attached hydrogens (tertiary/aromatic N) is 2. The average Bonchev–Trinajstić information content (AvgIpc) is 2.41. The smallest absolute Gasteiger partial charge is 0.299 e. The summed E-state index contributed by atoms with van der Waals surface area (Å²) in [5, 5.41) is 0. The topological polar surface area (TPSA) is 44.0 Å². The zero-order valence-corrected chi connectivity index (χ0v) is 10.00. The summed E-state index contributed by atoms with van der Waals surface area (Å²) >= 11 is 0. The number of hydrogen-bond acceptors (Lipinski definition) is 2. The summed E-state index contributed by atoms with van der Waals surface area (Å²) in [5.74, 6) is -0.0460. The first kappa shape index (κ1) is 11.8. The van der Waals surface area contributed by atoms with Crippen LogP contribution in [0.25, 0.3) is 0 Å². The number of aromatic nitrogens is 2. The number of imidazole rings is 1. The van der Waals surface area contributed by atoms with Crippen LogP contribution >= 0.6 is 0 Å². The predicted octanol–water partition coefficient (Wildman–Crippen LogP) is 1.12. The maximum atomic E-state index is 11.9. The quantitative estimate of drug-likeness (QED) is 0.702. The molecule has 1 aromatic rings. The van der Waals surface area contributed by atoms with Crippen molar-refractivity contribution in [3.8, 4) is 0 Å². The Morgan fingerprint density at radius 1 is 1.27 bits per heavy atom. The minimum Gasteiger partial charge on any atom is -0.299 e. The van der Waals surface area contributed by atoms with E-state index in [2.05, 4.69) is 0 Å². The summed E-state index contributed by atoms with van der Waals surface area (Å²) < 4.78 is 3.00. The predicted molar refractivity (Wildman–Crippen MR) is 59.2 cm³/mol. The van der Waals surface area contributed by atoms with Crippen molar-refractivity contribution in [2.24, 2.45) is 20.0 Å². The lowest BCUT2D eigenvalue weighted by Gasteiger charge is -2.06. The lowest BCUT2D eigenvalue weighted by molar-refractivity contribution is 0.0929. The van der Waals surface area contributed by atoms with Crippen LogP contribution in [-0.4, -0.2) is 14.9 Å². The summed E-state index contributed by atoms with van der Waals surface area (Å²) in [4.78, 5) is 23.6. The van der Waals surface area contributed by atoms with E-state index < -0.39 is 0 Å². The Morgan fingerprint density at radius 2 is 1.80 bits per heavy atom. The third kappa shape index (κ3) is 1.76. The van der Waals surface area contributed by atoms with Gasteiger partial charge < -0.3 is 0 Å². The second-order valence-electron chi connectivity index (χ2n) is 4.07. The first-order chi connectivity index (χ1) is 6.91. The molecule has 1 rings (SSSR count). The summed E-state index contributed by atoms with van der Waals surface area (Å²) in [6, 6.07) is 0. The molecule has 1 heterocycles. The Bertz CT molecular complexity index is 438. The number of carbonyl (C=O) groups excluding carboxylic acids is 1. The highest BCUT2D eigenvalue weighted by molar-refractivity contribution is 5.97. The van der Waals surface area contributed by atoms with E-state index in [0.29, 0.717) is 12.1 Å². The highest BCUT2D eigenvalue weighted by atomic mass is 16.2. The molecule has 0 unspecified atom stereocenters. The lowest BCUT2D eigenvalue weighted by atomic mass is 10.0. The van der Waals surface area contributed by atoms with Gasteiger partial charge in [-0.05, 0) is 6.42 Å². The first-order valence-corrected chi connectivity index (χ1v) is 5.20. The van der Waals surface area contributed by atoms with Crippen LogP contribution in [-0.2, 0) is 20.5 Å². The first-order valence-electron chi connectivity index (χ1n) is 5.20. The zero-order chi connectivity index (χ0) is 11.7. The Labute approximate surface area is 89.5 Å². The Kier molecular flexibility index (Phi) is 3.17. The minimum absolute atomic E-state index is 0.0343. The number of ketones is 1. The van der Waals surface area contributed by atoms with Gasteiger partial charge in [0.1, 0.15) is 5.69 Å². The molecule has 84 valence electrons. The number of carbonyl (C=O) groups is 1. The molecule has 0 N–H and O–H groups in total. The van der Waals surface area contributed by atoms with Crippen LogP contribution in [0.1, 0.15) is 37.0 Å². The number of hydrogen-bond donors (Lipinski definition) is 0. The summed E-state index contributed by atoms with van der Waals surface area (Å²) in [7, 11) is 3.36. The molecule has 0 amide bonds. The molecule has 0 fully saturated rings. The Hall–Kier alpha value is -1.32. The van der Waals surface area contributed by atoms with Crippen LogP contribution in [0.3, 0.4) is 0 Å². The molecule has 4 nitrogen and oxygen atoms in total. The molecular weight excluding hydrogens is 192 g/mol. The van der Waals surface area contributed by atoms with Gasteiger partial charge in [0, 0.05) is 25.7 Å². The molecular formula is C11H18N2O2. The normalized spacial score (nSPS) is 11.1. The van der Waals surface area contributed by atoms with Gasteiger partial charge in [0.2, 0.25) is 0 Å². The molecule has 0 spiro atoms. The summed E-state index contributed by atoms with van der Waals surface area (Å²) in [5.41, 5.74) is 1.25. The van der Waals surface area contributed by atoms with E-state index in [-0.39, 0.29) is 17.4 Å². The molecule has 0 saturated heterocycles. The van der Waals surface area contributed by atoms with Gasteiger partial charge in [-0.25, -0.2) is 4.79 Å². The van der Waals surface area contributed by atoms with E-state index in [9.17, 15) is 9.59 Å². The SMILES string of the molecule is CCc1c(C(=O)C(C)C)n(C)c(=O)n1C. The standard InChI is InChI=1S/C11H18N2O2/c1-6-8-9(10(14)7(2)3)13(5)11(15)12(8)4/h7H,6H2,1-5H3. The molecule has 0 bridgehead atoms. The molecule has 1 aromatic heterocycles. The fraction of sp³-hybridized carbons (Fsp3) is 0.636. The summed E-state index contributed by atoms with van der Waals surface area (Å²) in [6.07, 6.45) is 0.695. The largest absolute Gasteiger partial charge is 0.328 e. The molecule has 0 aromatic carbocycles. The van der Waals surface area contributed by atoms with Gasteiger partial charge in [-0.1, -0.05) is 20.8 Å². The van der Waals surface area contributed by atoms with Gasteiger partial charge in [0.05, 0.1) is 0 Å². The van der Waals surface area contributed by atoms with Crippen molar-refractivity contribution in [3.05, 3.63) is 21.9 Å². The molecule has 0 aliphatic heterocycles. The molecule has 0 atom stereocenters. The highest BCUT2D eigenvalue weighted by Crippen LogP contribution is 2.12. The van der Waals surface area contributed by atoms with Gasteiger partial charge in [0.15, 0.2) is 5.78 Å². The van der Waals surface area contributed by atoms with Crippen LogP contribution < -0.4 is 5.69 Å². The number of rotatable bonds is 3. The second-order valence-corrected chi connectivity index (χ2v) is 4.07. The number of Topliss-reactive ketones (excluding diaryl/α,β-unsaturated/α-hetero) is 1. The van der Waals surface area contributed by atoms with E-state index >= 15 is 0 Å². The summed E-state index contributed by atoms with van der Waals surface area (Å²) in [6.45, 7) is 5.64. The van der Waals surface area contributed by atoms with Crippen LogP contribution in [0, 0.1) is 5.92 Å². The molecule has 0 aliphatic carbocycles. The fourth-order valence-electron chi connectivity index (χ4n) is 1.77. The van der Waals surface area contributed by atoms with Gasteiger partial charge in [-0.2, -0.15) is 0 Å². The Morgan fingerprint density at radius 3 is 2.20 bits per heavy atom. The van der Waals surface area contributed by atoms with Crippen molar-refractivity contribution < 1.29 is 4.79 Å². The molecule has 4 heteroatoms. The van der Waals surface area contributed by atoms with Gasteiger partial charge in [-0.15, -0.1) is 0 Å². The molecule has 0 radical (unpaired) electrons. The van der Waals surface area contributed by atoms with Crippen molar-refractivity contribution in [2.45, 2.75) is 27.2 Å². The Balaban J connectivity index is 3.47. The van der Waals surface area contributed by atoms with E-state index in [1.54, 1.807) is 18.7 Å². The molecule has 15 heavy (non-hydrogen) atoms. The van der Waals surface area contributed by atoms with Gasteiger partial charge in [-0.3, -0.25) is 13.9 Å². The van der Waals surface area contributed by atoms with E-state index in [4.69, 9.17) is 0 Å². The van der Waals surface area contributed by atoms with Crippen LogP contribution in [0.2, 0.25) is 0 Å². The monoisotopic (exact) mass is 210 g/mol. The van der Waals surface area contributed by atoms with E-state index in [1.165, 1.54) is 4.57 Å². The van der Waals surface area contributed by atoms with E-state index in [1.807, 2.05) is 20.8 Å². The van der Waals surface area contributed by atoms with E-state index in [0.717, 1.165) is 5.69 Å². The zero-order valence-electron chi connectivity index (χ0n) is 10.00. The third-order valence-electron chi connectivity index (χ3n) is 2.68. The van der Waals surface area contributed by atoms with Crippen LogP contribution in [0.15, 0.2) is 4.79 Å². The van der Waals surface area contributed by atoms with Gasteiger partial charge in [0.25, 0.3) is 0 Å². The maximum Gasteiger partial charge on any atom is 0.328 e. The fourth-order valence-corrected chi connectivity index (χ4v) is 1.77. The maximum absolute atomic E-state index is 11.9. The third-order valence-corrected chi connectivity index (χ3v) is 2.68. The molecule has 0 saturated carbocycles. The van der Waals surface area contributed by atoms with Crippen molar-refractivity contribution in [2.75, 3.05) is 0 Å². The van der Waals surface area contributed by atoms with Crippen molar-refractivity contribution in [1.82, 2.24) is 9.13 Å². The second kappa shape index (κ2) is 4.04. The lowest BCUT2D eigenvalue weighted by Crippen LogP contribution is -2.22.